The SMILES string of the molecule is COC[C@@H](CCO)c1c(CO)c2ccc3c(c2oc1=O)[C@H]1OC(=O)C[C@@H]2C[C@@H](c4cccc5c4CC[C@H]4CCC[C@H]6C=Cc7ccccc7[C@]546)C=C[C@H]2c2ccc4c(c2)CC[C@@H]2[C@H]5C=Cc6ccccc6[C@H]5C[C@@H]2[C@](C)(O3)[C@H]1OC(=O)/C(=C(/C)CO)CC4. The van der Waals surface area contributed by atoms with Gasteiger partial charge in [-0.05, 0) is 199 Å². The molecule has 6 aliphatic carbocycles. The van der Waals surface area contributed by atoms with E-state index < -0.39 is 47.9 Å². The predicted octanol–water partition coefficient (Wildman–Crippen LogP) is 13.5. The maximum atomic E-state index is 16.0. The molecule has 0 radical (unpaired) electrons. The average Bonchev–Trinajstić information content (AvgIpc) is 0.861. The van der Waals surface area contributed by atoms with Crippen LogP contribution in [0, 0.1) is 35.5 Å². The normalized spacial score (nSPS) is 31.5. The third-order valence-corrected chi connectivity index (χ3v) is 23.3. The molecular formula is C77H80O11. The van der Waals surface area contributed by atoms with Crippen molar-refractivity contribution < 1.29 is 48.3 Å². The highest BCUT2D eigenvalue weighted by molar-refractivity contribution is 5.91. The Morgan fingerprint density at radius 2 is 1.59 bits per heavy atom. The van der Waals surface area contributed by atoms with Crippen molar-refractivity contribution in [3.63, 3.8) is 0 Å². The molecule has 0 saturated heterocycles. The molecule has 2 saturated carbocycles. The van der Waals surface area contributed by atoms with Gasteiger partial charge >= 0.3 is 17.6 Å². The number of aryl methyl sites for hydroxylation is 2. The number of allylic oxidation sites excluding steroid dienone is 4. The highest BCUT2D eigenvalue weighted by Gasteiger charge is 2.62. The van der Waals surface area contributed by atoms with E-state index in [0.29, 0.717) is 58.9 Å². The summed E-state index contributed by atoms with van der Waals surface area (Å²) in [5.74, 6) is -0.886. The lowest BCUT2D eigenvalue weighted by atomic mass is 9.48. The van der Waals surface area contributed by atoms with Gasteiger partial charge in [-0.1, -0.05) is 128 Å². The van der Waals surface area contributed by atoms with Crippen LogP contribution in [0.1, 0.15) is 180 Å². The second kappa shape index (κ2) is 22.7. The van der Waals surface area contributed by atoms with Gasteiger partial charge in [0, 0.05) is 65.7 Å². The summed E-state index contributed by atoms with van der Waals surface area (Å²) in [6, 6.07) is 35.2. The van der Waals surface area contributed by atoms with Crippen LogP contribution >= 0.6 is 0 Å². The van der Waals surface area contributed by atoms with E-state index in [4.69, 9.17) is 23.4 Å². The Kier molecular flexibility index (Phi) is 14.8. The predicted molar refractivity (Wildman–Crippen MR) is 338 cm³/mol. The molecule has 454 valence electrons. The molecule has 9 aliphatic rings. The van der Waals surface area contributed by atoms with Gasteiger partial charge in [0.05, 0.1) is 25.4 Å². The molecule has 1 spiro atoms. The molecule has 5 aromatic carbocycles. The first-order valence-electron chi connectivity index (χ1n) is 32.6. The number of aliphatic hydroxyl groups is 3. The lowest BCUT2D eigenvalue weighted by Crippen LogP contribution is -2.59. The van der Waals surface area contributed by atoms with E-state index in [1.165, 1.54) is 64.5 Å². The summed E-state index contributed by atoms with van der Waals surface area (Å²) in [6.07, 6.45) is 21.3. The molecule has 0 unspecified atom stereocenters. The number of hydrogen-bond donors (Lipinski definition) is 3. The highest BCUT2D eigenvalue weighted by atomic mass is 16.6. The minimum absolute atomic E-state index is 0.00169. The summed E-state index contributed by atoms with van der Waals surface area (Å²) in [5, 5.41) is 32.8. The quantitative estimate of drug-likeness (QED) is 0.0576. The van der Waals surface area contributed by atoms with E-state index in [0.717, 1.165) is 43.2 Å². The first-order chi connectivity index (χ1) is 42.9. The number of rotatable bonds is 8. The molecule has 1 aromatic heterocycles. The minimum atomic E-state index is -1.37. The molecule has 6 aromatic rings. The lowest BCUT2D eigenvalue weighted by molar-refractivity contribution is -0.202. The highest BCUT2D eigenvalue weighted by Crippen LogP contribution is 2.63. The lowest BCUT2D eigenvalue weighted by Gasteiger charge is -2.55. The largest absolute Gasteiger partial charge is 0.483 e. The van der Waals surface area contributed by atoms with Crippen LogP contribution in [0.25, 0.3) is 23.1 Å². The summed E-state index contributed by atoms with van der Waals surface area (Å²) in [6.45, 7) is 2.72. The van der Waals surface area contributed by atoms with Crippen molar-refractivity contribution in [3.05, 3.63) is 215 Å². The maximum absolute atomic E-state index is 16.0. The van der Waals surface area contributed by atoms with Gasteiger partial charge in [0.1, 0.15) is 11.3 Å². The number of aliphatic hydroxyl groups excluding tert-OH is 3. The first kappa shape index (κ1) is 57.3. The molecule has 5 bridgehead atoms. The maximum Gasteiger partial charge on any atom is 0.340 e. The van der Waals surface area contributed by atoms with Gasteiger partial charge < -0.3 is 38.7 Å². The summed E-state index contributed by atoms with van der Waals surface area (Å²) in [4.78, 5) is 46.4. The summed E-state index contributed by atoms with van der Waals surface area (Å²) >= 11 is 0. The van der Waals surface area contributed by atoms with Gasteiger partial charge in [-0.25, -0.2) is 9.59 Å². The van der Waals surface area contributed by atoms with Crippen molar-refractivity contribution in [1.82, 2.24) is 0 Å². The Bertz CT molecular complexity index is 3970. The van der Waals surface area contributed by atoms with Gasteiger partial charge in [-0.3, -0.25) is 4.79 Å². The minimum Gasteiger partial charge on any atom is -0.483 e. The van der Waals surface area contributed by atoms with E-state index >= 15 is 9.59 Å². The zero-order valence-electron chi connectivity index (χ0n) is 50.8. The summed E-state index contributed by atoms with van der Waals surface area (Å²) < 4.78 is 34.0. The number of esters is 2. The van der Waals surface area contributed by atoms with Crippen LogP contribution in [0.3, 0.4) is 0 Å². The molecule has 11 nitrogen and oxygen atoms in total. The van der Waals surface area contributed by atoms with E-state index in [1.807, 2.05) is 13.0 Å². The van der Waals surface area contributed by atoms with Gasteiger partial charge in [-0.15, -0.1) is 0 Å². The third-order valence-electron chi connectivity index (χ3n) is 23.3. The molecular weight excluding hydrogens is 1100 g/mol. The second-order valence-corrected chi connectivity index (χ2v) is 27.3. The molecule has 3 aliphatic heterocycles. The molecule has 11 heteroatoms. The fourth-order valence-electron chi connectivity index (χ4n) is 19.3. The number of hydrogen-bond acceptors (Lipinski definition) is 11. The van der Waals surface area contributed by atoms with E-state index in [-0.39, 0.29) is 103 Å². The van der Waals surface area contributed by atoms with Crippen molar-refractivity contribution in [2.24, 2.45) is 35.5 Å². The average molecular weight is 1180 g/mol. The van der Waals surface area contributed by atoms with Crippen LogP contribution in [0.4, 0.5) is 0 Å². The fraction of sp³-hybridized carbons (Fsp3) is 0.442. The molecule has 14 atom stereocenters. The third kappa shape index (κ3) is 9.05. The number of fused-ring (bicyclic) bond motifs is 13. The monoisotopic (exact) mass is 1180 g/mol. The number of methoxy groups -OCH3 is 1. The van der Waals surface area contributed by atoms with Crippen molar-refractivity contribution in [3.8, 4) is 5.75 Å². The molecule has 4 heterocycles. The van der Waals surface area contributed by atoms with Crippen LogP contribution in [0.5, 0.6) is 5.75 Å². The van der Waals surface area contributed by atoms with E-state index in [9.17, 15) is 20.1 Å². The molecule has 88 heavy (non-hydrogen) atoms. The van der Waals surface area contributed by atoms with Gasteiger partial charge in [0.15, 0.2) is 17.8 Å². The fourth-order valence-corrected chi connectivity index (χ4v) is 19.3. The Labute approximate surface area is 515 Å². The Hall–Kier alpha value is -7.15. The van der Waals surface area contributed by atoms with Crippen LogP contribution in [-0.4, -0.2) is 65.9 Å². The van der Waals surface area contributed by atoms with Crippen LogP contribution in [-0.2, 0) is 55.1 Å². The number of benzene rings is 5. The molecule has 15 rings (SSSR count). The zero-order valence-corrected chi connectivity index (χ0v) is 50.8. The van der Waals surface area contributed by atoms with Crippen LogP contribution in [0.15, 0.2) is 142 Å². The standard InChI is InChI=1S/C77H80O11/c1-43(40-79)54-27-21-44-18-19-48-36-47(44)23-30-60-58-29-22-45-10-4-6-14-56(45)62(58)39-66(60)76(2)73(87-74(54)82)72(70-67(88-76)33-32-61-63(41-80)69(75(83)86-71(61)70)50(34-35-78)42-84-3)85-68(81)38-51-37-49(24-28-55(48)51)57-15-9-17-65-59(57)31-26-53-13-8-12-52-25-20-46-11-5-7-16-64(46)77(52,53)65/h4-7,9-11,14-20,22,24-25,28-29,32-33,36,49-53,55,58,60,62,66,72-73,78-80H,8,12-13,21,23,26-27,30-31,34-35,37-42H2,1-3H3/b54-43-/t49-,50+,51-,52-,53+,55-,58+,60+,62+,66-,72+,73-,76-,77+/m0/s1. The van der Waals surface area contributed by atoms with Crippen molar-refractivity contribution >= 4 is 35.1 Å². The number of carbonyl (C=O) groups is 2. The summed E-state index contributed by atoms with van der Waals surface area (Å²) in [7, 11) is 1.52. The van der Waals surface area contributed by atoms with Gasteiger partial charge in [0.25, 0.3) is 0 Å². The zero-order chi connectivity index (χ0) is 60.2. The second-order valence-electron chi connectivity index (χ2n) is 27.3. The van der Waals surface area contributed by atoms with Crippen LogP contribution in [0.2, 0.25) is 0 Å². The summed E-state index contributed by atoms with van der Waals surface area (Å²) in [5.41, 5.74) is 12.4. The Balaban J connectivity index is 0.922. The van der Waals surface area contributed by atoms with E-state index in [1.54, 1.807) is 13.0 Å². The molecule has 3 N–H and O–H groups in total. The Morgan fingerprint density at radius 3 is 2.43 bits per heavy atom. The molecule has 0 amide bonds. The van der Waals surface area contributed by atoms with Crippen molar-refractivity contribution in [2.45, 2.75) is 151 Å². The van der Waals surface area contributed by atoms with Crippen molar-refractivity contribution in [2.75, 3.05) is 26.9 Å². The van der Waals surface area contributed by atoms with Crippen molar-refractivity contribution in [1.29, 1.82) is 0 Å². The van der Waals surface area contributed by atoms with Gasteiger partial charge in [-0.2, -0.15) is 0 Å². The Morgan fingerprint density at radius 1 is 0.773 bits per heavy atom. The van der Waals surface area contributed by atoms with E-state index in [2.05, 4.69) is 121 Å². The number of ether oxygens (including phenoxy) is 4. The first-order valence-corrected chi connectivity index (χ1v) is 32.6. The van der Waals surface area contributed by atoms with Gasteiger partial charge in [0.2, 0.25) is 0 Å². The topological polar surface area (TPSA) is 162 Å². The molecule has 2 fully saturated rings. The smallest absolute Gasteiger partial charge is 0.340 e. The van der Waals surface area contributed by atoms with Crippen LogP contribution < -0.4 is 10.4 Å². The number of carbonyl (C=O) groups excluding carboxylic acids is 2.